The van der Waals surface area contributed by atoms with Gasteiger partial charge < -0.3 is 19.2 Å². The Morgan fingerprint density at radius 3 is 2.66 bits per heavy atom. The van der Waals surface area contributed by atoms with Crippen LogP contribution >= 0.6 is 0 Å². The molecular formula is C24H26N4O4. The number of carbonyl (C=O) groups is 1. The molecule has 0 aliphatic heterocycles. The number of rotatable bonds is 7. The van der Waals surface area contributed by atoms with E-state index in [9.17, 15) is 4.79 Å². The van der Waals surface area contributed by atoms with Gasteiger partial charge in [-0.2, -0.15) is 5.10 Å². The van der Waals surface area contributed by atoms with Crippen LogP contribution in [0.15, 0.2) is 47.1 Å². The molecule has 4 rings (SSSR count). The first kappa shape index (κ1) is 21.4. The number of benzene rings is 1. The number of carbonyl (C=O) groups excluding carboxylic acids is 1. The standard InChI is InChI=1S/C24H26N4O4/c1-14-8-21(16(3)32-14)15(2)27-24(29)19-9-18-12-26-28(23(18)25-11-19)13-17-6-7-20(30-4)10-22(17)31-5/h6-12,15H,13H2,1-5H3,(H,27,29). The van der Waals surface area contributed by atoms with Crippen LogP contribution in [0.4, 0.5) is 0 Å². The molecule has 1 aromatic carbocycles. The average molecular weight is 434 g/mol. The number of nitrogens with one attached hydrogen (secondary N) is 1. The Morgan fingerprint density at radius 2 is 1.97 bits per heavy atom. The average Bonchev–Trinajstić information content (AvgIpc) is 3.35. The van der Waals surface area contributed by atoms with Crippen molar-refractivity contribution in [3.05, 3.63) is 70.9 Å². The molecule has 0 radical (unpaired) electrons. The third-order valence-corrected chi connectivity index (χ3v) is 5.45. The summed E-state index contributed by atoms with van der Waals surface area (Å²) in [5.41, 5.74) is 3.07. The highest BCUT2D eigenvalue weighted by Gasteiger charge is 2.17. The third-order valence-electron chi connectivity index (χ3n) is 5.45. The molecule has 3 heterocycles. The molecule has 0 saturated carbocycles. The van der Waals surface area contributed by atoms with E-state index in [0.29, 0.717) is 23.5 Å². The quantitative estimate of drug-likeness (QED) is 0.469. The molecule has 8 heteroatoms. The zero-order valence-electron chi connectivity index (χ0n) is 18.8. The molecule has 4 aromatic rings. The Balaban J connectivity index is 1.54. The number of hydrogen-bond donors (Lipinski definition) is 1. The Hall–Kier alpha value is -3.81. The topological polar surface area (TPSA) is 91.4 Å². The highest BCUT2D eigenvalue weighted by Crippen LogP contribution is 2.26. The Bertz CT molecular complexity index is 1270. The minimum absolute atomic E-state index is 0.180. The fourth-order valence-electron chi connectivity index (χ4n) is 3.79. The monoisotopic (exact) mass is 434 g/mol. The van der Waals surface area contributed by atoms with E-state index < -0.39 is 0 Å². The van der Waals surface area contributed by atoms with Crippen molar-refractivity contribution in [1.29, 1.82) is 0 Å². The lowest BCUT2D eigenvalue weighted by Crippen LogP contribution is -2.26. The summed E-state index contributed by atoms with van der Waals surface area (Å²) < 4.78 is 18.1. The lowest BCUT2D eigenvalue weighted by molar-refractivity contribution is 0.0939. The largest absolute Gasteiger partial charge is 0.497 e. The maximum atomic E-state index is 12.8. The van der Waals surface area contributed by atoms with Gasteiger partial charge in [0, 0.05) is 28.8 Å². The second-order valence-electron chi connectivity index (χ2n) is 7.68. The number of nitrogens with zero attached hydrogens (tertiary/aromatic N) is 3. The van der Waals surface area contributed by atoms with Gasteiger partial charge in [-0.05, 0) is 45.0 Å². The minimum Gasteiger partial charge on any atom is -0.497 e. The van der Waals surface area contributed by atoms with E-state index in [2.05, 4.69) is 15.4 Å². The second-order valence-corrected chi connectivity index (χ2v) is 7.68. The Kier molecular flexibility index (Phi) is 5.85. The van der Waals surface area contributed by atoms with Crippen molar-refractivity contribution in [1.82, 2.24) is 20.1 Å². The molecule has 0 saturated heterocycles. The number of fused-ring (bicyclic) bond motifs is 1. The van der Waals surface area contributed by atoms with Crippen molar-refractivity contribution >= 4 is 16.9 Å². The van der Waals surface area contributed by atoms with Gasteiger partial charge in [-0.25, -0.2) is 9.67 Å². The van der Waals surface area contributed by atoms with Gasteiger partial charge >= 0.3 is 0 Å². The van der Waals surface area contributed by atoms with Crippen LogP contribution in [0.25, 0.3) is 11.0 Å². The van der Waals surface area contributed by atoms with Crippen LogP contribution in [0, 0.1) is 13.8 Å². The van der Waals surface area contributed by atoms with Gasteiger partial charge in [0.25, 0.3) is 5.91 Å². The third kappa shape index (κ3) is 4.16. The van der Waals surface area contributed by atoms with Gasteiger partial charge in [0.15, 0.2) is 5.65 Å². The molecule has 8 nitrogen and oxygen atoms in total. The maximum absolute atomic E-state index is 12.8. The van der Waals surface area contributed by atoms with E-state index >= 15 is 0 Å². The summed E-state index contributed by atoms with van der Waals surface area (Å²) in [7, 11) is 3.24. The van der Waals surface area contributed by atoms with Crippen LogP contribution in [0.2, 0.25) is 0 Å². The number of hydrogen-bond acceptors (Lipinski definition) is 6. The molecule has 0 aliphatic rings. The summed E-state index contributed by atoms with van der Waals surface area (Å²) in [4.78, 5) is 17.3. The number of aromatic nitrogens is 3. The molecule has 0 spiro atoms. The highest BCUT2D eigenvalue weighted by molar-refractivity contribution is 5.97. The van der Waals surface area contributed by atoms with Crippen molar-refractivity contribution in [3.8, 4) is 11.5 Å². The van der Waals surface area contributed by atoms with Crippen LogP contribution < -0.4 is 14.8 Å². The Morgan fingerprint density at radius 1 is 1.16 bits per heavy atom. The van der Waals surface area contributed by atoms with Gasteiger partial charge in [0.05, 0.1) is 38.6 Å². The van der Waals surface area contributed by atoms with Gasteiger partial charge in [0.2, 0.25) is 0 Å². The number of amides is 1. The predicted octanol–water partition coefficient (Wildman–Crippen LogP) is 4.20. The number of methoxy groups -OCH3 is 2. The molecule has 0 fully saturated rings. The summed E-state index contributed by atoms with van der Waals surface area (Å²) >= 11 is 0. The predicted molar refractivity (Wildman–Crippen MR) is 120 cm³/mol. The fraction of sp³-hybridized carbons (Fsp3) is 0.292. The number of furan rings is 1. The van der Waals surface area contributed by atoms with Crippen molar-refractivity contribution < 1.29 is 18.7 Å². The van der Waals surface area contributed by atoms with E-state index in [-0.39, 0.29) is 11.9 Å². The summed E-state index contributed by atoms with van der Waals surface area (Å²) in [5.74, 6) is 2.86. The van der Waals surface area contributed by atoms with Crippen LogP contribution in [0.3, 0.4) is 0 Å². The first-order chi connectivity index (χ1) is 15.4. The fourth-order valence-corrected chi connectivity index (χ4v) is 3.79. The van der Waals surface area contributed by atoms with Crippen LogP contribution in [-0.2, 0) is 6.54 Å². The molecule has 1 unspecified atom stereocenters. The summed E-state index contributed by atoms with van der Waals surface area (Å²) in [6.07, 6.45) is 3.28. The molecule has 0 bridgehead atoms. The van der Waals surface area contributed by atoms with Gasteiger partial charge in [0.1, 0.15) is 23.0 Å². The van der Waals surface area contributed by atoms with Crippen molar-refractivity contribution in [2.75, 3.05) is 14.2 Å². The number of ether oxygens (including phenoxy) is 2. The molecular weight excluding hydrogens is 408 g/mol. The lowest BCUT2D eigenvalue weighted by Gasteiger charge is -2.13. The van der Waals surface area contributed by atoms with Crippen LogP contribution in [-0.4, -0.2) is 34.9 Å². The highest BCUT2D eigenvalue weighted by atomic mass is 16.5. The first-order valence-electron chi connectivity index (χ1n) is 10.3. The molecule has 1 atom stereocenters. The zero-order chi connectivity index (χ0) is 22.8. The summed E-state index contributed by atoms with van der Waals surface area (Å²) in [6, 6.07) is 9.21. The molecule has 32 heavy (non-hydrogen) atoms. The number of aryl methyl sites for hydroxylation is 2. The molecule has 3 aromatic heterocycles. The first-order valence-corrected chi connectivity index (χ1v) is 10.3. The molecule has 0 aliphatic carbocycles. The van der Waals surface area contributed by atoms with E-state index in [4.69, 9.17) is 13.9 Å². The van der Waals surface area contributed by atoms with Crippen LogP contribution in [0.5, 0.6) is 11.5 Å². The van der Waals surface area contributed by atoms with E-state index in [1.54, 1.807) is 37.4 Å². The van der Waals surface area contributed by atoms with E-state index in [1.807, 2.05) is 45.0 Å². The van der Waals surface area contributed by atoms with Crippen molar-refractivity contribution in [2.24, 2.45) is 0 Å². The molecule has 166 valence electrons. The van der Waals surface area contributed by atoms with E-state index in [1.165, 1.54) is 0 Å². The van der Waals surface area contributed by atoms with Gasteiger partial charge in [-0.1, -0.05) is 0 Å². The van der Waals surface area contributed by atoms with Crippen LogP contribution in [0.1, 0.15) is 46.0 Å². The van der Waals surface area contributed by atoms with E-state index in [0.717, 1.165) is 33.8 Å². The summed E-state index contributed by atoms with van der Waals surface area (Å²) in [6.45, 7) is 6.19. The number of pyridine rings is 1. The molecule has 1 amide bonds. The SMILES string of the molecule is COc1ccc(Cn2ncc3cc(C(=O)NC(C)c4cc(C)oc4C)cnc32)c(OC)c1. The minimum atomic E-state index is -0.199. The van der Waals surface area contributed by atoms with Crippen molar-refractivity contribution in [2.45, 2.75) is 33.4 Å². The Labute approximate surface area is 186 Å². The van der Waals surface area contributed by atoms with Crippen molar-refractivity contribution in [3.63, 3.8) is 0 Å². The maximum Gasteiger partial charge on any atom is 0.253 e. The summed E-state index contributed by atoms with van der Waals surface area (Å²) in [5, 5.41) is 8.25. The lowest BCUT2D eigenvalue weighted by atomic mass is 10.1. The normalized spacial score (nSPS) is 12.0. The second kappa shape index (κ2) is 8.74. The molecule has 1 N–H and O–H groups in total. The van der Waals surface area contributed by atoms with Gasteiger partial charge in [-0.15, -0.1) is 0 Å². The zero-order valence-corrected chi connectivity index (χ0v) is 18.8. The smallest absolute Gasteiger partial charge is 0.253 e. The van der Waals surface area contributed by atoms with Gasteiger partial charge in [-0.3, -0.25) is 4.79 Å².